The van der Waals surface area contributed by atoms with Gasteiger partial charge in [0.05, 0.1) is 12.3 Å². The van der Waals surface area contributed by atoms with Crippen molar-refractivity contribution in [3.63, 3.8) is 0 Å². The van der Waals surface area contributed by atoms with Gasteiger partial charge in [-0.3, -0.25) is 4.68 Å². The molecule has 2 rings (SSSR count). The van der Waals surface area contributed by atoms with Crippen molar-refractivity contribution < 1.29 is 5.11 Å². The van der Waals surface area contributed by atoms with Crippen LogP contribution in [0.15, 0.2) is 12.4 Å². The highest BCUT2D eigenvalue weighted by atomic mass is 16.3. The summed E-state index contributed by atoms with van der Waals surface area (Å²) in [5.41, 5.74) is 1.22. The molecule has 1 aliphatic rings. The fourth-order valence-electron chi connectivity index (χ4n) is 2.43. The van der Waals surface area contributed by atoms with Crippen LogP contribution in [-0.4, -0.2) is 27.5 Å². The lowest BCUT2D eigenvalue weighted by Gasteiger charge is -2.25. The van der Waals surface area contributed by atoms with E-state index in [0.29, 0.717) is 5.92 Å². The van der Waals surface area contributed by atoms with E-state index in [1.807, 2.05) is 24.1 Å². The zero-order valence-electron chi connectivity index (χ0n) is 9.89. The normalized spacial score (nSPS) is 25.9. The second-order valence-corrected chi connectivity index (χ2v) is 4.84. The number of hydrogen-bond acceptors (Lipinski definition) is 3. The van der Waals surface area contributed by atoms with E-state index in [9.17, 15) is 5.11 Å². The van der Waals surface area contributed by atoms with Crippen LogP contribution in [0.5, 0.6) is 0 Å². The van der Waals surface area contributed by atoms with Crippen LogP contribution in [0.1, 0.15) is 31.2 Å². The molecule has 4 nitrogen and oxygen atoms in total. The maximum atomic E-state index is 9.56. The molecule has 0 radical (unpaired) electrons. The minimum Gasteiger partial charge on any atom is -0.393 e. The summed E-state index contributed by atoms with van der Waals surface area (Å²) in [5.74, 6) is 0.639. The number of nitrogens with one attached hydrogen (secondary N) is 1. The maximum absolute atomic E-state index is 9.56. The van der Waals surface area contributed by atoms with Gasteiger partial charge >= 0.3 is 0 Å². The number of aromatic nitrogens is 2. The smallest absolute Gasteiger partial charge is 0.0543 e. The third-order valence-electron chi connectivity index (χ3n) is 3.28. The monoisotopic (exact) mass is 223 g/mol. The van der Waals surface area contributed by atoms with Gasteiger partial charge in [-0.05, 0) is 31.7 Å². The Balaban J connectivity index is 1.67. The first kappa shape index (κ1) is 11.6. The predicted octanol–water partition coefficient (Wildman–Crippen LogP) is 1.06. The third-order valence-corrected chi connectivity index (χ3v) is 3.28. The Kier molecular flexibility index (Phi) is 3.96. The topological polar surface area (TPSA) is 50.1 Å². The van der Waals surface area contributed by atoms with Crippen molar-refractivity contribution in [3.05, 3.63) is 18.0 Å². The lowest BCUT2D eigenvalue weighted by atomic mass is 9.87. The van der Waals surface area contributed by atoms with E-state index in [0.717, 1.165) is 25.9 Å². The molecule has 0 aromatic carbocycles. The van der Waals surface area contributed by atoms with Crippen LogP contribution in [0.3, 0.4) is 0 Å². The molecule has 4 heteroatoms. The minimum absolute atomic E-state index is 0.0704. The molecule has 90 valence electrons. The molecular weight excluding hydrogens is 202 g/mol. The van der Waals surface area contributed by atoms with Crippen LogP contribution in [0.25, 0.3) is 0 Å². The van der Waals surface area contributed by atoms with E-state index in [-0.39, 0.29) is 6.10 Å². The maximum Gasteiger partial charge on any atom is 0.0543 e. The zero-order valence-corrected chi connectivity index (χ0v) is 9.89. The molecule has 0 aliphatic heterocycles. The first-order chi connectivity index (χ1) is 7.74. The van der Waals surface area contributed by atoms with Gasteiger partial charge in [0.1, 0.15) is 0 Å². The highest BCUT2D eigenvalue weighted by Crippen LogP contribution is 2.23. The lowest BCUT2D eigenvalue weighted by Crippen LogP contribution is -2.28. The average Bonchev–Trinajstić information content (AvgIpc) is 2.64. The largest absolute Gasteiger partial charge is 0.393 e. The van der Waals surface area contributed by atoms with Gasteiger partial charge in [0.2, 0.25) is 0 Å². The van der Waals surface area contributed by atoms with Crippen LogP contribution in [-0.2, 0) is 13.6 Å². The Morgan fingerprint density at radius 1 is 1.56 bits per heavy atom. The first-order valence-electron chi connectivity index (χ1n) is 6.10. The summed E-state index contributed by atoms with van der Waals surface area (Å²) >= 11 is 0. The van der Waals surface area contributed by atoms with Crippen molar-refractivity contribution in [1.29, 1.82) is 0 Å². The molecule has 1 saturated carbocycles. The van der Waals surface area contributed by atoms with E-state index in [1.54, 1.807) is 0 Å². The van der Waals surface area contributed by atoms with Gasteiger partial charge in [-0.15, -0.1) is 0 Å². The standard InChI is InChI=1S/C12H21N3O/c1-15-9-11(8-14-15)7-13-6-10-3-2-4-12(16)5-10/h8-10,12-13,16H,2-7H2,1H3. The molecule has 1 heterocycles. The highest BCUT2D eigenvalue weighted by molar-refractivity contribution is 5.02. The number of nitrogens with zero attached hydrogens (tertiary/aromatic N) is 2. The molecule has 1 aromatic heterocycles. The van der Waals surface area contributed by atoms with Crippen molar-refractivity contribution in [2.45, 2.75) is 38.3 Å². The summed E-state index contributed by atoms with van der Waals surface area (Å²) in [4.78, 5) is 0. The highest BCUT2D eigenvalue weighted by Gasteiger charge is 2.19. The van der Waals surface area contributed by atoms with Crippen molar-refractivity contribution in [3.8, 4) is 0 Å². The van der Waals surface area contributed by atoms with Crippen LogP contribution in [0.2, 0.25) is 0 Å². The number of rotatable bonds is 4. The zero-order chi connectivity index (χ0) is 11.4. The summed E-state index contributed by atoms with van der Waals surface area (Å²) in [7, 11) is 1.93. The minimum atomic E-state index is -0.0704. The average molecular weight is 223 g/mol. The van der Waals surface area contributed by atoms with Crippen LogP contribution >= 0.6 is 0 Å². The Morgan fingerprint density at radius 2 is 2.44 bits per heavy atom. The molecule has 1 fully saturated rings. The lowest BCUT2D eigenvalue weighted by molar-refractivity contribution is 0.101. The first-order valence-corrected chi connectivity index (χ1v) is 6.10. The van der Waals surface area contributed by atoms with Crippen molar-refractivity contribution in [2.75, 3.05) is 6.54 Å². The van der Waals surface area contributed by atoms with Gasteiger partial charge in [-0.25, -0.2) is 0 Å². The number of hydrogen-bond donors (Lipinski definition) is 2. The summed E-state index contributed by atoms with van der Waals surface area (Å²) in [6.07, 6.45) is 8.21. The number of aryl methyl sites for hydroxylation is 1. The second kappa shape index (κ2) is 5.46. The fourth-order valence-corrected chi connectivity index (χ4v) is 2.43. The summed E-state index contributed by atoms with van der Waals surface area (Å²) in [6, 6.07) is 0. The van der Waals surface area contributed by atoms with Crippen LogP contribution in [0, 0.1) is 5.92 Å². The molecule has 1 aliphatic carbocycles. The Labute approximate surface area is 96.7 Å². The van der Waals surface area contributed by atoms with Crippen LogP contribution in [0.4, 0.5) is 0 Å². The van der Waals surface area contributed by atoms with Crippen molar-refractivity contribution in [2.24, 2.45) is 13.0 Å². The molecule has 0 saturated heterocycles. The van der Waals surface area contributed by atoms with E-state index in [2.05, 4.69) is 10.4 Å². The number of aliphatic hydroxyl groups is 1. The molecule has 2 atom stereocenters. The molecule has 2 N–H and O–H groups in total. The van der Waals surface area contributed by atoms with Gasteiger partial charge < -0.3 is 10.4 Å². The SMILES string of the molecule is Cn1cc(CNCC2CCCC(O)C2)cn1. The predicted molar refractivity (Wildman–Crippen MR) is 62.9 cm³/mol. The van der Waals surface area contributed by atoms with E-state index < -0.39 is 0 Å². The molecule has 16 heavy (non-hydrogen) atoms. The molecular formula is C12H21N3O. The van der Waals surface area contributed by atoms with E-state index in [1.165, 1.54) is 18.4 Å². The second-order valence-electron chi connectivity index (χ2n) is 4.84. The number of aliphatic hydroxyl groups excluding tert-OH is 1. The van der Waals surface area contributed by atoms with Crippen molar-refractivity contribution in [1.82, 2.24) is 15.1 Å². The van der Waals surface area contributed by atoms with E-state index >= 15 is 0 Å². The molecule has 0 amide bonds. The van der Waals surface area contributed by atoms with Gasteiger partial charge in [-0.1, -0.05) is 6.42 Å². The molecule has 2 unspecified atom stereocenters. The van der Waals surface area contributed by atoms with E-state index in [4.69, 9.17) is 0 Å². The van der Waals surface area contributed by atoms with Crippen molar-refractivity contribution >= 4 is 0 Å². The molecule has 0 bridgehead atoms. The van der Waals surface area contributed by atoms with Gasteiger partial charge in [0.25, 0.3) is 0 Å². The molecule has 0 spiro atoms. The summed E-state index contributed by atoms with van der Waals surface area (Å²) in [5, 5.41) is 17.1. The van der Waals surface area contributed by atoms with Crippen LogP contribution < -0.4 is 5.32 Å². The fraction of sp³-hybridized carbons (Fsp3) is 0.750. The Hall–Kier alpha value is -0.870. The molecule has 1 aromatic rings. The third kappa shape index (κ3) is 3.32. The summed E-state index contributed by atoms with van der Waals surface area (Å²) < 4.78 is 1.82. The Bertz CT molecular complexity index is 324. The quantitative estimate of drug-likeness (QED) is 0.802. The van der Waals surface area contributed by atoms with Gasteiger partial charge in [0, 0.05) is 25.4 Å². The Morgan fingerprint density at radius 3 is 3.12 bits per heavy atom. The van der Waals surface area contributed by atoms with Gasteiger partial charge in [-0.2, -0.15) is 5.10 Å². The summed E-state index contributed by atoms with van der Waals surface area (Å²) in [6.45, 7) is 1.88. The van der Waals surface area contributed by atoms with Gasteiger partial charge in [0.15, 0.2) is 0 Å².